The maximum absolute atomic E-state index is 11.9. The van der Waals surface area contributed by atoms with Gasteiger partial charge in [0.15, 0.2) is 6.61 Å². The Morgan fingerprint density at radius 2 is 1.74 bits per heavy atom. The SMILES string of the molecule is Cc1ccc(NC(=O)COC(=O)c2ccc(Cl)c(Cl)c2)cc1C. The number of ether oxygens (including phenoxy) is 1. The minimum atomic E-state index is -0.640. The van der Waals surface area contributed by atoms with Gasteiger partial charge in [0.05, 0.1) is 15.6 Å². The lowest BCUT2D eigenvalue weighted by molar-refractivity contribution is -0.119. The molecule has 4 nitrogen and oxygen atoms in total. The molecule has 0 saturated heterocycles. The molecular formula is C17H15Cl2NO3. The van der Waals surface area contributed by atoms with Crippen molar-refractivity contribution in [2.45, 2.75) is 13.8 Å². The van der Waals surface area contributed by atoms with Crippen molar-refractivity contribution in [3.8, 4) is 0 Å². The molecule has 0 radical (unpaired) electrons. The van der Waals surface area contributed by atoms with Crippen LogP contribution in [0.15, 0.2) is 36.4 Å². The molecule has 0 atom stereocenters. The monoisotopic (exact) mass is 351 g/mol. The fourth-order valence-corrected chi connectivity index (χ4v) is 2.15. The molecule has 0 spiro atoms. The van der Waals surface area contributed by atoms with Crippen LogP contribution in [0.4, 0.5) is 5.69 Å². The average molecular weight is 352 g/mol. The Balaban J connectivity index is 1.91. The predicted octanol–water partition coefficient (Wildman–Crippen LogP) is 4.41. The number of aryl methyl sites for hydroxylation is 2. The Hall–Kier alpha value is -2.04. The second-order valence-electron chi connectivity index (χ2n) is 5.05. The molecule has 0 unspecified atom stereocenters. The van der Waals surface area contributed by atoms with Crippen molar-refractivity contribution in [3.05, 3.63) is 63.1 Å². The van der Waals surface area contributed by atoms with E-state index in [0.717, 1.165) is 11.1 Å². The van der Waals surface area contributed by atoms with Gasteiger partial charge in [-0.15, -0.1) is 0 Å². The zero-order valence-corrected chi connectivity index (χ0v) is 14.2. The first-order chi connectivity index (χ1) is 10.9. The fraction of sp³-hybridized carbons (Fsp3) is 0.176. The quantitative estimate of drug-likeness (QED) is 0.830. The molecule has 23 heavy (non-hydrogen) atoms. The van der Waals surface area contributed by atoms with Crippen LogP contribution in [0.2, 0.25) is 10.0 Å². The first kappa shape index (κ1) is 17.3. The summed E-state index contributed by atoms with van der Waals surface area (Å²) < 4.78 is 4.96. The lowest BCUT2D eigenvalue weighted by Crippen LogP contribution is -2.21. The standard InChI is InChI=1S/C17H15Cl2NO3/c1-10-3-5-13(7-11(10)2)20-16(21)9-23-17(22)12-4-6-14(18)15(19)8-12/h3-8H,9H2,1-2H3,(H,20,21). The molecule has 120 valence electrons. The zero-order valence-electron chi connectivity index (χ0n) is 12.7. The average Bonchev–Trinajstić information content (AvgIpc) is 2.51. The Labute approximate surface area is 144 Å². The number of benzene rings is 2. The molecule has 2 aromatic carbocycles. The minimum Gasteiger partial charge on any atom is -0.452 e. The highest BCUT2D eigenvalue weighted by atomic mass is 35.5. The largest absolute Gasteiger partial charge is 0.452 e. The molecule has 0 aromatic heterocycles. The number of amides is 1. The number of esters is 1. The summed E-state index contributed by atoms with van der Waals surface area (Å²) in [5.74, 6) is -1.06. The van der Waals surface area contributed by atoms with Crippen molar-refractivity contribution < 1.29 is 14.3 Å². The van der Waals surface area contributed by atoms with E-state index < -0.39 is 11.9 Å². The molecule has 0 heterocycles. The molecule has 1 amide bonds. The topological polar surface area (TPSA) is 55.4 Å². The maximum Gasteiger partial charge on any atom is 0.338 e. The Bertz CT molecular complexity index is 759. The Morgan fingerprint density at radius 3 is 2.39 bits per heavy atom. The summed E-state index contributed by atoms with van der Waals surface area (Å²) in [6.45, 7) is 3.56. The summed E-state index contributed by atoms with van der Waals surface area (Å²) in [6, 6.07) is 9.93. The van der Waals surface area contributed by atoms with Gasteiger partial charge < -0.3 is 10.1 Å². The van der Waals surface area contributed by atoms with Gasteiger partial charge in [-0.05, 0) is 55.3 Å². The number of anilines is 1. The number of hydrogen-bond acceptors (Lipinski definition) is 3. The molecule has 0 bridgehead atoms. The number of rotatable bonds is 4. The molecule has 2 aromatic rings. The first-order valence-electron chi connectivity index (χ1n) is 6.86. The number of hydrogen-bond donors (Lipinski definition) is 1. The van der Waals surface area contributed by atoms with Gasteiger partial charge in [-0.3, -0.25) is 4.79 Å². The summed E-state index contributed by atoms with van der Waals surface area (Å²) in [5, 5.41) is 3.27. The third-order valence-corrected chi connectivity index (χ3v) is 4.02. The van der Waals surface area contributed by atoms with Crippen LogP contribution in [0.5, 0.6) is 0 Å². The van der Waals surface area contributed by atoms with E-state index in [2.05, 4.69) is 5.32 Å². The number of nitrogens with one attached hydrogen (secondary N) is 1. The van der Waals surface area contributed by atoms with Crippen LogP contribution in [0.25, 0.3) is 0 Å². The van der Waals surface area contributed by atoms with Crippen molar-refractivity contribution in [1.29, 1.82) is 0 Å². The smallest absolute Gasteiger partial charge is 0.338 e. The summed E-state index contributed by atoms with van der Waals surface area (Å²) >= 11 is 11.6. The summed E-state index contributed by atoms with van der Waals surface area (Å²) in [4.78, 5) is 23.7. The van der Waals surface area contributed by atoms with E-state index in [0.29, 0.717) is 10.7 Å². The van der Waals surface area contributed by atoms with Gasteiger partial charge in [0, 0.05) is 5.69 Å². The lowest BCUT2D eigenvalue weighted by Gasteiger charge is -2.08. The van der Waals surface area contributed by atoms with E-state index >= 15 is 0 Å². The normalized spacial score (nSPS) is 10.3. The van der Waals surface area contributed by atoms with Crippen LogP contribution in [-0.4, -0.2) is 18.5 Å². The highest BCUT2D eigenvalue weighted by Gasteiger charge is 2.12. The van der Waals surface area contributed by atoms with Crippen LogP contribution >= 0.6 is 23.2 Å². The van der Waals surface area contributed by atoms with Gasteiger partial charge in [-0.25, -0.2) is 4.79 Å². The molecule has 0 saturated carbocycles. The lowest BCUT2D eigenvalue weighted by atomic mass is 10.1. The number of halogens is 2. The zero-order chi connectivity index (χ0) is 17.0. The van der Waals surface area contributed by atoms with E-state index in [1.165, 1.54) is 18.2 Å². The predicted molar refractivity (Wildman–Crippen MR) is 91.3 cm³/mol. The van der Waals surface area contributed by atoms with E-state index in [-0.39, 0.29) is 17.2 Å². The summed E-state index contributed by atoms with van der Waals surface area (Å²) in [7, 11) is 0. The van der Waals surface area contributed by atoms with Crippen LogP contribution in [0, 0.1) is 13.8 Å². The van der Waals surface area contributed by atoms with Gasteiger partial charge in [0.2, 0.25) is 0 Å². The Morgan fingerprint density at radius 1 is 1.00 bits per heavy atom. The van der Waals surface area contributed by atoms with Crippen molar-refractivity contribution >= 4 is 40.8 Å². The number of carbonyl (C=O) groups excluding carboxylic acids is 2. The van der Waals surface area contributed by atoms with Crippen LogP contribution < -0.4 is 5.32 Å². The molecule has 1 N–H and O–H groups in total. The molecule has 2 rings (SSSR count). The first-order valence-corrected chi connectivity index (χ1v) is 7.61. The van der Waals surface area contributed by atoms with Crippen molar-refractivity contribution in [1.82, 2.24) is 0 Å². The van der Waals surface area contributed by atoms with Crippen LogP contribution in [0.1, 0.15) is 21.5 Å². The molecule has 0 aliphatic rings. The van der Waals surface area contributed by atoms with Crippen molar-refractivity contribution in [2.24, 2.45) is 0 Å². The third-order valence-electron chi connectivity index (χ3n) is 3.28. The highest BCUT2D eigenvalue weighted by Crippen LogP contribution is 2.23. The van der Waals surface area contributed by atoms with E-state index in [1.807, 2.05) is 26.0 Å². The van der Waals surface area contributed by atoms with Gasteiger partial charge in [-0.2, -0.15) is 0 Å². The van der Waals surface area contributed by atoms with Crippen LogP contribution in [0.3, 0.4) is 0 Å². The van der Waals surface area contributed by atoms with Gasteiger partial charge >= 0.3 is 5.97 Å². The molecule has 0 aliphatic heterocycles. The second-order valence-corrected chi connectivity index (χ2v) is 5.87. The summed E-state index contributed by atoms with van der Waals surface area (Å²) in [6.07, 6.45) is 0. The molecular weight excluding hydrogens is 337 g/mol. The molecule has 6 heteroatoms. The van der Waals surface area contributed by atoms with E-state index in [1.54, 1.807) is 6.07 Å². The van der Waals surface area contributed by atoms with Gasteiger partial charge in [0.25, 0.3) is 5.91 Å². The van der Waals surface area contributed by atoms with Crippen LogP contribution in [-0.2, 0) is 9.53 Å². The number of carbonyl (C=O) groups is 2. The molecule has 0 aliphatic carbocycles. The Kier molecular flexibility index (Phi) is 5.64. The minimum absolute atomic E-state index is 0.235. The fourth-order valence-electron chi connectivity index (χ4n) is 1.85. The van der Waals surface area contributed by atoms with Gasteiger partial charge in [-0.1, -0.05) is 29.3 Å². The highest BCUT2D eigenvalue weighted by molar-refractivity contribution is 6.42. The molecule has 0 fully saturated rings. The van der Waals surface area contributed by atoms with E-state index in [4.69, 9.17) is 27.9 Å². The van der Waals surface area contributed by atoms with Gasteiger partial charge in [0.1, 0.15) is 0 Å². The van der Waals surface area contributed by atoms with Crippen molar-refractivity contribution in [2.75, 3.05) is 11.9 Å². The second kappa shape index (κ2) is 7.49. The maximum atomic E-state index is 11.9. The third kappa shape index (κ3) is 4.71. The van der Waals surface area contributed by atoms with E-state index in [9.17, 15) is 9.59 Å². The van der Waals surface area contributed by atoms with Crippen molar-refractivity contribution in [3.63, 3.8) is 0 Å². The summed E-state index contributed by atoms with van der Waals surface area (Å²) in [5.41, 5.74) is 3.09.